The van der Waals surface area contributed by atoms with Crippen molar-refractivity contribution < 1.29 is 24.7 Å². The highest BCUT2D eigenvalue weighted by molar-refractivity contribution is 6.32. The van der Waals surface area contributed by atoms with Crippen LogP contribution in [0.25, 0.3) is 0 Å². The van der Waals surface area contributed by atoms with Crippen molar-refractivity contribution in [3.63, 3.8) is 0 Å². The lowest BCUT2D eigenvalue weighted by Gasteiger charge is -2.28. The van der Waals surface area contributed by atoms with Crippen LogP contribution in [0.3, 0.4) is 0 Å². The number of hydrogen-bond acceptors (Lipinski definition) is 5. The van der Waals surface area contributed by atoms with Crippen molar-refractivity contribution in [1.29, 1.82) is 0 Å². The number of rotatable bonds is 4. The van der Waals surface area contributed by atoms with Crippen LogP contribution in [0.1, 0.15) is 25.3 Å². The van der Waals surface area contributed by atoms with Crippen molar-refractivity contribution in [3.05, 3.63) is 61.4 Å². The number of nitro benzene ring substituents is 1. The molecule has 0 fully saturated rings. The molecule has 0 radical (unpaired) electrons. The minimum atomic E-state index is -1.31. The molecule has 0 aliphatic carbocycles. The molecule has 9 heteroatoms. The summed E-state index contributed by atoms with van der Waals surface area (Å²) in [5.41, 5.74) is -0.0805. The predicted molar refractivity (Wildman–Crippen MR) is 84.7 cm³/mol. The summed E-state index contributed by atoms with van der Waals surface area (Å²) in [5, 5.41) is 32.7. The Morgan fingerprint density at radius 3 is 2.08 bits per heavy atom. The van der Waals surface area contributed by atoms with Gasteiger partial charge in [0.05, 0.1) is 22.0 Å². The molecule has 0 saturated heterocycles. The molecule has 1 aliphatic rings. The first kappa shape index (κ1) is 17.5. The van der Waals surface area contributed by atoms with Gasteiger partial charge in [0.2, 0.25) is 0 Å². The van der Waals surface area contributed by atoms with Crippen LogP contribution >= 0.6 is 11.6 Å². The number of nitrogens with zero attached hydrogens (tertiary/aromatic N) is 1. The fraction of sp³-hybridized carbons (Fsp3) is 0.200. The Kier molecular flexibility index (Phi) is 4.61. The lowest BCUT2D eigenvalue weighted by molar-refractivity contribution is -0.384. The van der Waals surface area contributed by atoms with Gasteiger partial charge in [-0.1, -0.05) is 17.7 Å². The normalized spacial score (nSPS) is 15.3. The molecule has 126 valence electrons. The second-order valence-corrected chi connectivity index (χ2v) is 5.62. The van der Waals surface area contributed by atoms with E-state index in [9.17, 15) is 29.9 Å². The molecule has 0 unspecified atom stereocenters. The van der Waals surface area contributed by atoms with Crippen molar-refractivity contribution in [1.82, 2.24) is 5.32 Å². The number of nitro groups is 1. The third-order valence-electron chi connectivity index (χ3n) is 3.72. The first-order valence-electron chi connectivity index (χ1n) is 6.74. The Labute approximate surface area is 141 Å². The van der Waals surface area contributed by atoms with E-state index in [1.54, 1.807) is 0 Å². The lowest BCUT2D eigenvalue weighted by atomic mass is 9.80. The first-order valence-corrected chi connectivity index (χ1v) is 7.12. The molecule has 0 amide bonds. The number of carboxylic acids is 2. The SMILES string of the molecule is CC1=C(C(=O)O)C(c2ccc(Cl)c([N+](=O)[O-])c2)C(C(=O)O)=C(C)N1. The summed E-state index contributed by atoms with van der Waals surface area (Å²) >= 11 is 5.77. The molecule has 0 atom stereocenters. The third kappa shape index (κ3) is 2.95. The summed E-state index contributed by atoms with van der Waals surface area (Å²) in [7, 11) is 0. The Morgan fingerprint density at radius 1 is 1.17 bits per heavy atom. The summed E-state index contributed by atoms with van der Waals surface area (Å²) < 4.78 is 0. The van der Waals surface area contributed by atoms with E-state index in [0.717, 1.165) is 6.07 Å². The molecule has 0 bridgehead atoms. The zero-order valence-corrected chi connectivity index (χ0v) is 13.4. The van der Waals surface area contributed by atoms with Crippen LogP contribution in [-0.2, 0) is 9.59 Å². The minimum absolute atomic E-state index is 0.118. The monoisotopic (exact) mass is 352 g/mol. The smallest absolute Gasteiger partial charge is 0.334 e. The Bertz CT molecular complexity index is 791. The third-order valence-corrected chi connectivity index (χ3v) is 4.04. The van der Waals surface area contributed by atoms with Gasteiger partial charge in [-0.2, -0.15) is 0 Å². The largest absolute Gasteiger partial charge is 0.478 e. The first-order chi connectivity index (χ1) is 11.1. The summed E-state index contributed by atoms with van der Waals surface area (Å²) in [4.78, 5) is 33.6. The summed E-state index contributed by atoms with van der Waals surface area (Å²) in [6, 6.07) is 3.74. The van der Waals surface area contributed by atoms with Crippen molar-refractivity contribution in [3.8, 4) is 0 Å². The molecular weight excluding hydrogens is 340 g/mol. The second kappa shape index (κ2) is 6.32. The minimum Gasteiger partial charge on any atom is -0.478 e. The summed E-state index contributed by atoms with van der Waals surface area (Å²) in [5.74, 6) is -3.78. The maximum atomic E-state index is 11.6. The summed E-state index contributed by atoms with van der Waals surface area (Å²) in [6.07, 6.45) is 0. The highest BCUT2D eigenvalue weighted by atomic mass is 35.5. The van der Waals surface area contributed by atoms with Crippen molar-refractivity contribution in [2.75, 3.05) is 0 Å². The highest BCUT2D eigenvalue weighted by Crippen LogP contribution is 2.40. The molecular formula is C15H13ClN2O6. The predicted octanol–water partition coefficient (Wildman–Crippen LogP) is 2.65. The van der Waals surface area contributed by atoms with Crippen LogP contribution in [0.5, 0.6) is 0 Å². The molecule has 0 saturated carbocycles. The summed E-state index contributed by atoms with van der Waals surface area (Å²) in [6.45, 7) is 3.01. The number of hydrogen-bond donors (Lipinski definition) is 3. The van der Waals surface area contributed by atoms with Crippen LogP contribution in [-0.4, -0.2) is 27.1 Å². The Balaban J connectivity index is 2.76. The standard InChI is InChI=1S/C15H13ClN2O6/c1-6-11(14(19)20)13(12(15(21)22)7(2)17-6)8-3-4-9(16)10(5-8)18(23)24/h3-5,13,17H,1-2H3,(H,19,20)(H,21,22). The van der Waals surface area contributed by atoms with Crippen LogP contribution in [0.15, 0.2) is 40.7 Å². The topological polar surface area (TPSA) is 130 Å². The van der Waals surface area contributed by atoms with Gasteiger partial charge in [0.25, 0.3) is 5.69 Å². The lowest BCUT2D eigenvalue weighted by Crippen LogP contribution is -2.31. The fourth-order valence-corrected chi connectivity index (χ4v) is 2.93. The zero-order chi connectivity index (χ0) is 18.2. The molecule has 3 N–H and O–H groups in total. The number of benzene rings is 1. The van der Waals surface area contributed by atoms with E-state index >= 15 is 0 Å². The average molecular weight is 353 g/mol. The van der Waals surface area contributed by atoms with Crippen LogP contribution in [0.2, 0.25) is 5.02 Å². The van der Waals surface area contributed by atoms with Crippen molar-refractivity contribution in [2.24, 2.45) is 0 Å². The number of carboxylic acid groups (broad SMARTS) is 2. The van der Waals surface area contributed by atoms with E-state index in [2.05, 4.69) is 5.32 Å². The molecule has 0 aromatic heterocycles. The van der Waals surface area contributed by atoms with Crippen molar-refractivity contribution in [2.45, 2.75) is 19.8 Å². The number of allylic oxidation sites excluding steroid dienone is 2. The van der Waals surface area contributed by atoms with E-state index in [4.69, 9.17) is 11.6 Å². The van der Waals surface area contributed by atoms with E-state index < -0.39 is 28.5 Å². The number of carbonyl (C=O) groups is 2. The maximum Gasteiger partial charge on any atom is 0.334 e. The highest BCUT2D eigenvalue weighted by Gasteiger charge is 2.37. The van der Waals surface area contributed by atoms with Crippen LogP contribution in [0, 0.1) is 10.1 Å². The van der Waals surface area contributed by atoms with E-state index in [0.29, 0.717) is 0 Å². The van der Waals surface area contributed by atoms with Gasteiger partial charge in [-0.25, -0.2) is 9.59 Å². The van der Waals surface area contributed by atoms with Gasteiger partial charge in [0.15, 0.2) is 0 Å². The number of halogens is 1. The molecule has 0 spiro atoms. The number of dihydropyridines is 1. The number of aliphatic carboxylic acids is 2. The van der Waals surface area contributed by atoms with E-state index in [1.165, 1.54) is 26.0 Å². The molecule has 1 aliphatic heterocycles. The average Bonchev–Trinajstić information content (AvgIpc) is 2.45. The maximum absolute atomic E-state index is 11.6. The molecule has 1 heterocycles. The van der Waals surface area contributed by atoms with Gasteiger partial charge in [0, 0.05) is 17.5 Å². The van der Waals surface area contributed by atoms with Gasteiger partial charge < -0.3 is 15.5 Å². The van der Waals surface area contributed by atoms with Crippen LogP contribution < -0.4 is 5.32 Å². The van der Waals surface area contributed by atoms with Gasteiger partial charge >= 0.3 is 11.9 Å². The molecule has 1 aromatic rings. The van der Waals surface area contributed by atoms with E-state index in [1.807, 2.05) is 0 Å². The second-order valence-electron chi connectivity index (χ2n) is 5.21. The zero-order valence-electron chi connectivity index (χ0n) is 12.7. The van der Waals surface area contributed by atoms with Gasteiger partial charge in [-0.3, -0.25) is 10.1 Å². The molecule has 1 aromatic carbocycles. The molecule has 24 heavy (non-hydrogen) atoms. The van der Waals surface area contributed by atoms with Gasteiger partial charge in [-0.05, 0) is 25.5 Å². The fourth-order valence-electron chi connectivity index (χ4n) is 2.74. The number of nitrogens with one attached hydrogen (secondary N) is 1. The quantitative estimate of drug-likeness (QED) is 0.561. The van der Waals surface area contributed by atoms with Gasteiger partial charge in [0.1, 0.15) is 5.02 Å². The Hall–Kier alpha value is -2.87. The molecule has 8 nitrogen and oxygen atoms in total. The molecule has 2 rings (SSSR count). The Morgan fingerprint density at radius 2 is 1.67 bits per heavy atom. The van der Waals surface area contributed by atoms with Gasteiger partial charge in [-0.15, -0.1) is 0 Å². The van der Waals surface area contributed by atoms with E-state index in [-0.39, 0.29) is 33.1 Å². The van der Waals surface area contributed by atoms with Crippen LogP contribution in [0.4, 0.5) is 5.69 Å². The van der Waals surface area contributed by atoms with Crippen molar-refractivity contribution >= 4 is 29.2 Å².